The van der Waals surface area contributed by atoms with Gasteiger partial charge in [0, 0.05) is 12.1 Å². The van der Waals surface area contributed by atoms with Crippen LogP contribution in [-0.4, -0.2) is 13.3 Å². The molecular formula is C12H10N2O3S. The minimum Gasteiger partial charge on any atom is -0.593 e. The molecule has 0 N–H and O–H groups in total. The second-order valence-electron chi connectivity index (χ2n) is 3.48. The molecule has 2 rings (SSSR count). The van der Waals surface area contributed by atoms with Gasteiger partial charge in [0.05, 0.1) is 4.90 Å². The molecule has 0 aliphatic heterocycles. The van der Waals surface area contributed by atoms with Crippen molar-refractivity contribution in [2.24, 2.45) is 4.52 Å². The zero-order valence-electron chi connectivity index (χ0n) is 9.30. The van der Waals surface area contributed by atoms with Gasteiger partial charge >= 0.3 is 10.0 Å². The van der Waals surface area contributed by atoms with Crippen LogP contribution in [0.1, 0.15) is 0 Å². The molecule has 92 valence electrons. The van der Waals surface area contributed by atoms with Gasteiger partial charge in [0.2, 0.25) is 5.69 Å². The predicted molar refractivity (Wildman–Crippen MR) is 65.8 cm³/mol. The molecule has 0 atom stereocenters. The van der Waals surface area contributed by atoms with Gasteiger partial charge in [-0.2, -0.15) is 8.42 Å². The van der Waals surface area contributed by atoms with Crippen LogP contribution in [0.2, 0.25) is 0 Å². The highest BCUT2D eigenvalue weighted by Crippen LogP contribution is 2.15. The Morgan fingerprint density at radius 2 is 1.39 bits per heavy atom. The first-order chi connectivity index (χ1) is 8.59. The van der Waals surface area contributed by atoms with Gasteiger partial charge in [0.25, 0.3) is 0 Å². The van der Waals surface area contributed by atoms with Gasteiger partial charge in [0.15, 0.2) is 0 Å². The van der Waals surface area contributed by atoms with Gasteiger partial charge in [-0.3, -0.25) is 0 Å². The van der Waals surface area contributed by atoms with E-state index in [-0.39, 0.29) is 15.4 Å². The van der Waals surface area contributed by atoms with Crippen molar-refractivity contribution >= 4 is 15.7 Å². The van der Waals surface area contributed by atoms with E-state index in [0.717, 1.165) is 0 Å². The summed E-state index contributed by atoms with van der Waals surface area (Å²) >= 11 is 0. The van der Waals surface area contributed by atoms with E-state index < -0.39 is 10.0 Å². The summed E-state index contributed by atoms with van der Waals surface area (Å²) in [6.45, 7) is 0. The third kappa shape index (κ3) is 2.72. The Bertz CT molecular complexity index is 652. The van der Waals surface area contributed by atoms with Crippen LogP contribution in [0, 0.1) is 5.21 Å². The number of nitrogens with zero attached hydrogens (tertiary/aromatic N) is 2. The summed E-state index contributed by atoms with van der Waals surface area (Å²) in [6, 6.07) is 15.5. The lowest BCUT2D eigenvalue weighted by molar-refractivity contribution is -0.430. The molecule has 0 unspecified atom stereocenters. The maximum absolute atomic E-state index is 11.8. The Balaban J connectivity index is 2.39. The molecule has 0 bridgehead atoms. The fraction of sp³-hybridized carbons (Fsp3) is 0. The van der Waals surface area contributed by atoms with Crippen LogP contribution in [-0.2, 0) is 10.0 Å². The third-order valence-corrected chi connectivity index (χ3v) is 3.43. The van der Waals surface area contributed by atoms with Crippen molar-refractivity contribution < 1.29 is 13.3 Å². The standard InChI is InChI=1S/C12H10N2O3S/c15-14(11-7-3-1-4-8-11)13-18(16,17)12-9-5-2-6-10-12/h1-10H. The molecule has 0 saturated heterocycles. The summed E-state index contributed by atoms with van der Waals surface area (Å²) in [6.07, 6.45) is 0. The summed E-state index contributed by atoms with van der Waals surface area (Å²) in [5.41, 5.74) is 0.164. The van der Waals surface area contributed by atoms with Crippen molar-refractivity contribution in [1.29, 1.82) is 0 Å². The van der Waals surface area contributed by atoms with Crippen LogP contribution >= 0.6 is 0 Å². The second kappa shape index (κ2) is 4.97. The lowest BCUT2D eigenvalue weighted by Crippen LogP contribution is -2.02. The smallest absolute Gasteiger partial charge is 0.337 e. The van der Waals surface area contributed by atoms with Crippen LogP contribution in [0.3, 0.4) is 0 Å². The van der Waals surface area contributed by atoms with Crippen LogP contribution in [0.5, 0.6) is 0 Å². The minimum atomic E-state index is -3.97. The lowest BCUT2D eigenvalue weighted by Gasteiger charge is -1.99. The van der Waals surface area contributed by atoms with E-state index >= 15 is 0 Å². The van der Waals surface area contributed by atoms with Gasteiger partial charge in [-0.15, -0.1) is 0 Å². The van der Waals surface area contributed by atoms with E-state index in [1.165, 1.54) is 24.3 Å². The van der Waals surface area contributed by atoms with Crippen molar-refractivity contribution in [3.05, 3.63) is 65.9 Å². The third-order valence-electron chi connectivity index (χ3n) is 2.20. The molecular weight excluding hydrogens is 252 g/mol. The highest BCUT2D eigenvalue weighted by atomic mass is 32.2. The van der Waals surface area contributed by atoms with E-state index in [1.54, 1.807) is 36.4 Å². The molecule has 0 saturated carbocycles. The molecule has 18 heavy (non-hydrogen) atoms. The number of hydrogen-bond acceptors (Lipinski definition) is 3. The molecule has 0 fully saturated rings. The molecule has 0 heterocycles. The maximum Gasteiger partial charge on any atom is 0.337 e. The first kappa shape index (κ1) is 12.3. The summed E-state index contributed by atoms with van der Waals surface area (Å²) in [4.78, 5) is 0.0873. The minimum absolute atomic E-state index is 0.0122. The normalized spacial score (nSPS) is 12.3. The highest BCUT2D eigenvalue weighted by molar-refractivity contribution is 7.89. The molecule has 5 nitrogen and oxygen atoms in total. The molecule has 0 amide bonds. The molecule has 0 radical (unpaired) electrons. The number of para-hydroxylation sites is 1. The fourth-order valence-electron chi connectivity index (χ4n) is 1.34. The van der Waals surface area contributed by atoms with Crippen molar-refractivity contribution in [3.63, 3.8) is 0 Å². The highest BCUT2D eigenvalue weighted by Gasteiger charge is 2.17. The van der Waals surface area contributed by atoms with E-state index in [0.29, 0.717) is 0 Å². The number of hydrogen-bond donors (Lipinski definition) is 0. The number of sulfonamides is 1. The largest absolute Gasteiger partial charge is 0.593 e. The molecule has 0 aromatic heterocycles. The summed E-state index contributed by atoms with van der Waals surface area (Å²) < 4.78 is 26.8. The SMILES string of the molecule is O=S(=O)(N=[N+]([O-])c1ccccc1)c1ccccc1. The van der Waals surface area contributed by atoms with Gasteiger partial charge in [-0.25, -0.2) is 0 Å². The summed E-state index contributed by atoms with van der Waals surface area (Å²) in [5.74, 6) is 0. The van der Waals surface area contributed by atoms with Gasteiger partial charge in [-0.1, -0.05) is 36.4 Å². The maximum atomic E-state index is 11.8. The first-order valence-corrected chi connectivity index (χ1v) is 6.59. The van der Waals surface area contributed by atoms with Crippen molar-refractivity contribution in [1.82, 2.24) is 0 Å². The molecule has 2 aromatic rings. The Hall–Kier alpha value is -2.21. The topological polar surface area (TPSA) is 72.6 Å². The van der Waals surface area contributed by atoms with E-state index in [1.807, 2.05) is 0 Å². The van der Waals surface area contributed by atoms with Crippen LogP contribution in [0.25, 0.3) is 0 Å². The predicted octanol–water partition coefficient (Wildman–Crippen LogP) is 2.67. The molecule has 6 heteroatoms. The monoisotopic (exact) mass is 262 g/mol. The van der Waals surface area contributed by atoms with Gasteiger partial charge in [-0.05, 0) is 17.0 Å². The van der Waals surface area contributed by atoms with Crippen molar-refractivity contribution in [3.8, 4) is 0 Å². The van der Waals surface area contributed by atoms with Gasteiger partial charge in [0.1, 0.15) is 4.52 Å². The summed E-state index contributed by atoms with van der Waals surface area (Å²) in [5, 5.41) is 11.6. The first-order valence-electron chi connectivity index (χ1n) is 5.15. The van der Waals surface area contributed by atoms with Crippen molar-refractivity contribution in [2.75, 3.05) is 0 Å². The van der Waals surface area contributed by atoms with E-state index in [2.05, 4.69) is 4.52 Å². The average molecular weight is 262 g/mol. The molecule has 0 aliphatic rings. The fourth-order valence-corrected chi connectivity index (χ4v) is 2.22. The molecule has 2 aromatic carbocycles. The number of benzene rings is 2. The van der Waals surface area contributed by atoms with Crippen LogP contribution in [0.15, 0.2) is 70.1 Å². The average Bonchev–Trinajstić information content (AvgIpc) is 2.40. The zero-order chi connectivity index (χ0) is 13.0. The van der Waals surface area contributed by atoms with Crippen LogP contribution in [0.4, 0.5) is 5.69 Å². The molecule has 0 spiro atoms. The Labute approximate surface area is 105 Å². The lowest BCUT2D eigenvalue weighted by atomic mass is 10.3. The Morgan fingerprint density at radius 3 is 1.94 bits per heavy atom. The number of rotatable bonds is 3. The van der Waals surface area contributed by atoms with Crippen LogP contribution < -0.4 is 0 Å². The molecule has 0 aliphatic carbocycles. The zero-order valence-corrected chi connectivity index (χ0v) is 10.1. The Kier molecular flexibility index (Phi) is 3.38. The summed E-state index contributed by atoms with van der Waals surface area (Å²) in [7, 11) is -3.97. The quantitative estimate of drug-likeness (QED) is 0.485. The van der Waals surface area contributed by atoms with E-state index in [4.69, 9.17) is 0 Å². The van der Waals surface area contributed by atoms with Gasteiger partial charge < -0.3 is 5.21 Å². The second-order valence-corrected chi connectivity index (χ2v) is 5.06. The van der Waals surface area contributed by atoms with E-state index in [9.17, 15) is 13.6 Å². The Morgan fingerprint density at radius 1 is 0.889 bits per heavy atom. The van der Waals surface area contributed by atoms with Crippen molar-refractivity contribution in [2.45, 2.75) is 4.90 Å².